The molecule has 2 aromatic carbocycles. The number of piperazine rings is 1. The second-order valence-corrected chi connectivity index (χ2v) is 10.8. The lowest BCUT2D eigenvalue weighted by Gasteiger charge is -2.32. The highest BCUT2D eigenvalue weighted by atomic mass is 35.5. The Hall–Kier alpha value is -1.91. The first-order valence-electron chi connectivity index (χ1n) is 12.2. The second kappa shape index (κ2) is 11.5. The first-order valence-corrected chi connectivity index (χ1v) is 12.9. The quantitative estimate of drug-likeness (QED) is 0.511. The number of rotatable bonds is 6. The molecule has 3 atom stereocenters. The number of hydrogen-bond donors (Lipinski definition) is 1. The van der Waals surface area contributed by atoms with Crippen molar-refractivity contribution in [1.29, 1.82) is 0 Å². The molecule has 2 aliphatic rings. The summed E-state index contributed by atoms with van der Waals surface area (Å²) in [5, 5.41) is 4.20. The molecule has 11 heteroatoms. The number of halogens is 6. The van der Waals surface area contributed by atoms with Crippen molar-refractivity contribution in [1.82, 2.24) is 20.0 Å². The van der Waals surface area contributed by atoms with Crippen molar-refractivity contribution in [2.75, 3.05) is 46.3 Å². The van der Waals surface area contributed by atoms with Crippen LogP contribution in [0.5, 0.6) is 0 Å². The van der Waals surface area contributed by atoms with Gasteiger partial charge in [0.05, 0.1) is 22.2 Å². The van der Waals surface area contributed by atoms with E-state index in [0.717, 1.165) is 37.3 Å². The summed E-state index contributed by atoms with van der Waals surface area (Å²) in [6.45, 7) is 5.94. The van der Waals surface area contributed by atoms with E-state index in [9.17, 15) is 22.4 Å². The number of alkyl halides is 3. The molecule has 2 aromatic rings. The number of nitrogens with one attached hydrogen (secondary N) is 1. The van der Waals surface area contributed by atoms with Gasteiger partial charge in [-0.15, -0.1) is 0 Å². The van der Waals surface area contributed by atoms with Crippen molar-refractivity contribution in [3.8, 4) is 0 Å². The molecule has 0 bridgehead atoms. The third-order valence-electron chi connectivity index (χ3n) is 7.16. The Morgan fingerprint density at radius 3 is 2.51 bits per heavy atom. The van der Waals surface area contributed by atoms with Gasteiger partial charge in [-0.05, 0) is 49.4 Å². The highest BCUT2D eigenvalue weighted by Gasteiger charge is 2.39. The summed E-state index contributed by atoms with van der Waals surface area (Å²) in [7, 11) is 1.83. The normalized spacial score (nSPS) is 23.2. The number of likely N-dealkylation sites (N-methyl/N-ethyl adjacent to an activating group) is 1. The van der Waals surface area contributed by atoms with Gasteiger partial charge in [0.2, 0.25) is 5.91 Å². The van der Waals surface area contributed by atoms with E-state index in [2.05, 4.69) is 17.1 Å². The van der Waals surface area contributed by atoms with Crippen LogP contribution in [0.3, 0.4) is 0 Å². The fourth-order valence-corrected chi connectivity index (χ4v) is 5.55. The standard InChI is InChI=1S/C26H30Cl2F4N4O/c1-16-11-35(8-7-33-16)15-25(37)36-13-19(18-4-6-21(27)22(28)10-18)24(14-36)34(2)12-17-3-5-20(23(29)9-17)26(30,31)32/h3-6,9-10,16,19,24,33H,7-8,11-15H2,1-2H3/t16-,19+,24+/m0/s1. The molecule has 2 aliphatic heterocycles. The first-order chi connectivity index (χ1) is 17.4. The van der Waals surface area contributed by atoms with E-state index in [-0.39, 0.29) is 24.4 Å². The molecule has 2 heterocycles. The maximum absolute atomic E-state index is 14.2. The molecule has 0 unspecified atom stereocenters. The zero-order valence-corrected chi connectivity index (χ0v) is 22.2. The number of carbonyl (C=O) groups excluding carboxylic acids is 1. The Morgan fingerprint density at radius 1 is 1.11 bits per heavy atom. The number of nitrogens with zero attached hydrogens (tertiary/aromatic N) is 3. The van der Waals surface area contributed by atoms with Crippen LogP contribution in [0, 0.1) is 5.82 Å². The molecule has 0 aromatic heterocycles. The minimum absolute atomic E-state index is 0.0237. The van der Waals surface area contributed by atoms with Gasteiger partial charge in [-0.1, -0.05) is 35.3 Å². The zero-order chi connectivity index (χ0) is 26.9. The van der Waals surface area contributed by atoms with Crippen molar-refractivity contribution < 1.29 is 22.4 Å². The predicted molar refractivity (Wildman–Crippen MR) is 136 cm³/mol. The van der Waals surface area contributed by atoms with Gasteiger partial charge in [-0.25, -0.2) is 4.39 Å². The fraction of sp³-hybridized carbons (Fsp3) is 0.500. The van der Waals surface area contributed by atoms with E-state index in [1.54, 1.807) is 12.1 Å². The summed E-state index contributed by atoms with van der Waals surface area (Å²) in [5.41, 5.74) is 0.0452. The number of hydrogen-bond acceptors (Lipinski definition) is 4. The molecular weight excluding hydrogens is 531 g/mol. The average Bonchev–Trinajstić information content (AvgIpc) is 3.26. The van der Waals surface area contributed by atoms with E-state index in [0.29, 0.717) is 41.3 Å². The molecule has 0 spiro atoms. The van der Waals surface area contributed by atoms with Gasteiger partial charge in [0.25, 0.3) is 0 Å². The molecule has 2 fully saturated rings. The van der Waals surface area contributed by atoms with E-state index in [1.165, 1.54) is 6.07 Å². The van der Waals surface area contributed by atoms with Crippen LogP contribution in [0.25, 0.3) is 0 Å². The van der Waals surface area contributed by atoms with Crippen molar-refractivity contribution in [2.24, 2.45) is 0 Å². The molecule has 0 saturated carbocycles. The van der Waals surface area contributed by atoms with Crippen molar-refractivity contribution in [3.63, 3.8) is 0 Å². The molecule has 37 heavy (non-hydrogen) atoms. The highest BCUT2D eigenvalue weighted by Crippen LogP contribution is 2.36. The number of carbonyl (C=O) groups is 1. The molecule has 0 radical (unpaired) electrons. The topological polar surface area (TPSA) is 38.8 Å². The third kappa shape index (κ3) is 6.75. The van der Waals surface area contributed by atoms with Crippen molar-refractivity contribution in [2.45, 2.75) is 37.6 Å². The van der Waals surface area contributed by atoms with Gasteiger partial charge >= 0.3 is 6.18 Å². The molecular formula is C26H30Cl2F4N4O. The smallest absolute Gasteiger partial charge is 0.339 e. The van der Waals surface area contributed by atoms with Crippen LogP contribution in [0.4, 0.5) is 17.6 Å². The minimum atomic E-state index is -4.75. The van der Waals surface area contributed by atoms with Crippen LogP contribution >= 0.6 is 23.2 Å². The summed E-state index contributed by atoms with van der Waals surface area (Å²) < 4.78 is 53.1. The Bertz CT molecular complexity index is 1130. The van der Waals surface area contributed by atoms with Gasteiger partial charge in [0.15, 0.2) is 0 Å². The maximum atomic E-state index is 14.2. The summed E-state index contributed by atoms with van der Waals surface area (Å²) in [5.74, 6) is -1.38. The Morgan fingerprint density at radius 2 is 1.86 bits per heavy atom. The Labute approximate surface area is 224 Å². The van der Waals surface area contributed by atoms with Gasteiger partial charge in [-0.2, -0.15) is 13.2 Å². The van der Waals surface area contributed by atoms with Crippen LogP contribution < -0.4 is 5.32 Å². The maximum Gasteiger partial charge on any atom is 0.419 e. The van der Waals surface area contributed by atoms with Crippen LogP contribution in [0.1, 0.15) is 29.5 Å². The molecule has 0 aliphatic carbocycles. The number of likely N-dealkylation sites (tertiary alicyclic amines) is 1. The van der Waals surface area contributed by atoms with Crippen LogP contribution in [0.15, 0.2) is 36.4 Å². The van der Waals surface area contributed by atoms with Crippen LogP contribution in [0.2, 0.25) is 10.0 Å². The lowest BCUT2D eigenvalue weighted by atomic mass is 9.93. The summed E-state index contributed by atoms with van der Waals surface area (Å²) in [4.78, 5) is 19.2. The predicted octanol–water partition coefficient (Wildman–Crippen LogP) is 4.87. The van der Waals surface area contributed by atoms with E-state index in [4.69, 9.17) is 23.2 Å². The molecule has 202 valence electrons. The van der Waals surface area contributed by atoms with Crippen LogP contribution in [-0.2, 0) is 17.5 Å². The first kappa shape index (κ1) is 28.1. The Kier molecular flexibility index (Phi) is 8.70. The number of amides is 1. The summed E-state index contributed by atoms with van der Waals surface area (Å²) in [6.07, 6.45) is -4.75. The second-order valence-electron chi connectivity index (χ2n) is 9.96. The van der Waals surface area contributed by atoms with E-state index < -0.39 is 17.6 Å². The largest absolute Gasteiger partial charge is 0.419 e. The summed E-state index contributed by atoms with van der Waals surface area (Å²) in [6, 6.07) is 8.53. The molecule has 1 N–H and O–H groups in total. The SMILES string of the molecule is C[C@H]1CN(CC(=O)N2C[C@H](c3ccc(Cl)c(Cl)c3)[C@H](N(C)Cc3ccc(C(F)(F)F)c(F)c3)C2)CCN1. The third-order valence-corrected chi connectivity index (χ3v) is 7.90. The van der Waals surface area contributed by atoms with Gasteiger partial charge in [0, 0.05) is 57.3 Å². The fourth-order valence-electron chi connectivity index (χ4n) is 5.25. The Balaban J connectivity index is 1.53. The van der Waals surface area contributed by atoms with Gasteiger partial charge < -0.3 is 10.2 Å². The van der Waals surface area contributed by atoms with Crippen molar-refractivity contribution >= 4 is 29.1 Å². The molecule has 2 saturated heterocycles. The average molecular weight is 561 g/mol. The van der Waals surface area contributed by atoms with Gasteiger partial charge in [-0.3, -0.25) is 14.6 Å². The lowest BCUT2D eigenvalue weighted by Crippen LogP contribution is -2.52. The highest BCUT2D eigenvalue weighted by molar-refractivity contribution is 6.42. The minimum Gasteiger partial charge on any atom is -0.339 e. The van der Waals surface area contributed by atoms with E-state index in [1.807, 2.05) is 22.9 Å². The van der Waals surface area contributed by atoms with E-state index >= 15 is 0 Å². The molecule has 4 rings (SSSR count). The monoisotopic (exact) mass is 560 g/mol. The molecule has 1 amide bonds. The number of benzene rings is 2. The summed E-state index contributed by atoms with van der Waals surface area (Å²) >= 11 is 12.4. The van der Waals surface area contributed by atoms with Crippen molar-refractivity contribution in [3.05, 3.63) is 69.0 Å². The molecule has 5 nitrogen and oxygen atoms in total. The van der Waals surface area contributed by atoms with Crippen LogP contribution in [-0.4, -0.2) is 79.0 Å². The van der Waals surface area contributed by atoms with Gasteiger partial charge in [0.1, 0.15) is 5.82 Å². The lowest BCUT2D eigenvalue weighted by molar-refractivity contribution is -0.140. The zero-order valence-electron chi connectivity index (χ0n) is 20.7.